The summed E-state index contributed by atoms with van der Waals surface area (Å²) >= 11 is 0. The Bertz CT molecular complexity index is 801. The van der Waals surface area contributed by atoms with Crippen LogP contribution in [0.1, 0.15) is 22.9 Å². The second-order valence-corrected chi connectivity index (χ2v) is 5.66. The fourth-order valence-electron chi connectivity index (χ4n) is 2.94. The van der Waals surface area contributed by atoms with Gasteiger partial charge >= 0.3 is 0 Å². The van der Waals surface area contributed by atoms with E-state index in [1.54, 1.807) is 19.2 Å². The zero-order valence-corrected chi connectivity index (χ0v) is 12.7. The van der Waals surface area contributed by atoms with Gasteiger partial charge in [0.2, 0.25) is 5.91 Å². The van der Waals surface area contributed by atoms with E-state index < -0.39 is 11.9 Å². The molecule has 1 aliphatic rings. The molecule has 0 radical (unpaired) electrons. The molecule has 1 unspecified atom stereocenters. The minimum Gasteiger partial charge on any atom is -0.368 e. The van der Waals surface area contributed by atoms with Gasteiger partial charge in [-0.1, -0.05) is 12.1 Å². The first-order chi connectivity index (χ1) is 11.0. The van der Waals surface area contributed by atoms with E-state index in [1.165, 1.54) is 22.9 Å². The van der Waals surface area contributed by atoms with Gasteiger partial charge in [0.15, 0.2) is 0 Å². The van der Waals surface area contributed by atoms with Crippen LogP contribution >= 0.6 is 0 Å². The van der Waals surface area contributed by atoms with Crippen LogP contribution in [0.3, 0.4) is 0 Å². The molecule has 0 saturated carbocycles. The summed E-state index contributed by atoms with van der Waals surface area (Å²) in [6, 6.07) is 6.61. The molecule has 1 atom stereocenters. The Balaban J connectivity index is 1.93. The van der Waals surface area contributed by atoms with E-state index in [1.807, 2.05) is 4.90 Å². The molecule has 0 aliphatic carbocycles. The third-order valence-corrected chi connectivity index (χ3v) is 4.09. The van der Waals surface area contributed by atoms with Crippen LogP contribution in [-0.4, -0.2) is 27.1 Å². The predicted molar refractivity (Wildman–Crippen MR) is 81.9 cm³/mol. The standard InChI is InChI=1S/C16H17FN4O2/c1-20-14(22)8-11-9-21(7-6-13(11)19-20)15(16(18)23)10-2-4-12(17)5-3-10/h2-5,8,15H,6-7,9H2,1H3,(H2,18,23). The number of carbonyl (C=O) groups excluding carboxylic acids is 1. The number of fused-ring (bicyclic) bond motifs is 1. The van der Waals surface area contributed by atoms with E-state index in [2.05, 4.69) is 5.10 Å². The largest absolute Gasteiger partial charge is 0.368 e. The molecule has 6 nitrogen and oxygen atoms in total. The summed E-state index contributed by atoms with van der Waals surface area (Å²) in [5.41, 5.74) is 7.65. The van der Waals surface area contributed by atoms with Crippen molar-refractivity contribution in [1.82, 2.24) is 14.7 Å². The molecule has 0 fully saturated rings. The average Bonchev–Trinajstić information content (AvgIpc) is 2.50. The average molecular weight is 316 g/mol. The molecule has 1 aromatic carbocycles. The van der Waals surface area contributed by atoms with Crippen molar-refractivity contribution in [3.05, 3.63) is 63.3 Å². The fourth-order valence-corrected chi connectivity index (χ4v) is 2.94. The quantitative estimate of drug-likeness (QED) is 0.894. The fraction of sp³-hybridized carbons (Fsp3) is 0.312. The number of nitrogens with zero attached hydrogens (tertiary/aromatic N) is 3. The van der Waals surface area contributed by atoms with Crippen molar-refractivity contribution in [2.45, 2.75) is 19.0 Å². The molecule has 0 saturated heterocycles. The number of nitrogens with two attached hydrogens (primary N) is 1. The summed E-state index contributed by atoms with van der Waals surface area (Å²) in [5, 5.41) is 4.25. The monoisotopic (exact) mass is 316 g/mol. The molecule has 2 aromatic rings. The van der Waals surface area contributed by atoms with E-state index >= 15 is 0 Å². The van der Waals surface area contributed by atoms with Crippen LogP contribution < -0.4 is 11.3 Å². The van der Waals surface area contributed by atoms with Crippen LogP contribution in [0.5, 0.6) is 0 Å². The van der Waals surface area contributed by atoms with Crippen LogP contribution in [0, 0.1) is 5.82 Å². The molecule has 0 spiro atoms. The van der Waals surface area contributed by atoms with E-state index in [-0.39, 0.29) is 11.4 Å². The van der Waals surface area contributed by atoms with E-state index in [0.29, 0.717) is 25.1 Å². The first kappa shape index (κ1) is 15.4. The van der Waals surface area contributed by atoms with Gasteiger partial charge in [-0.3, -0.25) is 14.5 Å². The first-order valence-electron chi connectivity index (χ1n) is 7.30. The topological polar surface area (TPSA) is 81.2 Å². The smallest absolute Gasteiger partial charge is 0.266 e. The molecule has 7 heteroatoms. The summed E-state index contributed by atoms with van der Waals surface area (Å²) in [6.45, 7) is 0.993. The van der Waals surface area contributed by atoms with Crippen molar-refractivity contribution in [2.24, 2.45) is 12.8 Å². The molecule has 120 valence electrons. The van der Waals surface area contributed by atoms with E-state index in [9.17, 15) is 14.0 Å². The van der Waals surface area contributed by atoms with Gasteiger partial charge < -0.3 is 5.73 Å². The second kappa shape index (κ2) is 5.92. The summed E-state index contributed by atoms with van der Waals surface area (Å²) in [7, 11) is 1.61. The van der Waals surface area contributed by atoms with Crippen molar-refractivity contribution in [1.29, 1.82) is 0 Å². The van der Waals surface area contributed by atoms with Gasteiger partial charge in [-0.2, -0.15) is 5.10 Å². The number of primary amides is 1. The molecule has 23 heavy (non-hydrogen) atoms. The number of benzene rings is 1. The van der Waals surface area contributed by atoms with Gasteiger partial charge in [-0.25, -0.2) is 9.07 Å². The maximum Gasteiger partial charge on any atom is 0.266 e. The van der Waals surface area contributed by atoms with Crippen LogP contribution in [-0.2, 0) is 24.8 Å². The highest BCUT2D eigenvalue weighted by molar-refractivity contribution is 5.81. The third kappa shape index (κ3) is 3.00. The van der Waals surface area contributed by atoms with Gasteiger partial charge in [0.25, 0.3) is 5.56 Å². The Kier molecular flexibility index (Phi) is 3.96. The molecular formula is C16H17FN4O2. The van der Waals surface area contributed by atoms with E-state index in [0.717, 1.165) is 11.3 Å². The van der Waals surface area contributed by atoms with Crippen molar-refractivity contribution in [2.75, 3.05) is 6.54 Å². The highest BCUT2D eigenvalue weighted by Gasteiger charge is 2.29. The summed E-state index contributed by atoms with van der Waals surface area (Å²) in [4.78, 5) is 25.6. The lowest BCUT2D eigenvalue weighted by Gasteiger charge is -2.33. The molecular weight excluding hydrogens is 299 g/mol. The van der Waals surface area contributed by atoms with Crippen molar-refractivity contribution >= 4 is 5.91 Å². The SMILES string of the molecule is Cn1nc2c(cc1=O)CN(C(C(N)=O)c1ccc(F)cc1)CC2. The maximum atomic E-state index is 13.1. The molecule has 3 rings (SSSR count). The van der Waals surface area contributed by atoms with Crippen LogP contribution in [0.2, 0.25) is 0 Å². The lowest BCUT2D eigenvalue weighted by atomic mass is 9.99. The molecule has 1 amide bonds. The Labute approximate surface area is 132 Å². The Morgan fingerprint density at radius 2 is 2.04 bits per heavy atom. The van der Waals surface area contributed by atoms with Gasteiger partial charge in [0.1, 0.15) is 11.9 Å². The maximum absolute atomic E-state index is 13.1. The lowest BCUT2D eigenvalue weighted by molar-refractivity contribution is -0.123. The number of halogens is 1. The van der Waals surface area contributed by atoms with Gasteiger partial charge in [0.05, 0.1) is 5.69 Å². The summed E-state index contributed by atoms with van der Waals surface area (Å²) in [6.07, 6.45) is 0.619. The first-order valence-corrected chi connectivity index (χ1v) is 7.30. The normalized spacial score (nSPS) is 15.9. The zero-order valence-electron chi connectivity index (χ0n) is 12.7. The van der Waals surface area contributed by atoms with Gasteiger partial charge in [-0.05, 0) is 23.3 Å². The number of hydrogen-bond donors (Lipinski definition) is 1. The Hall–Kier alpha value is -2.54. The highest BCUT2D eigenvalue weighted by atomic mass is 19.1. The highest BCUT2D eigenvalue weighted by Crippen LogP contribution is 2.26. The second-order valence-electron chi connectivity index (χ2n) is 5.66. The van der Waals surface area contributed by atoms with Crippen molar-refractivity contribution < 1.29 is 9.18 Å². The minimum absolute atomic E-state index is 0.192. The number of rotatable bonds is 3. The van der Waals surface area contributed by atoms with Crippen molar-refractivity contribution in [3.8, 4) is 0 Å². The summed E-state index contributed by atoms with van der Waals surface area (Å²) < 4.78 is 14.4. The number of amides is 1. The molecule has 1 aliphatic heterocycles. The molecule has 2 N–H and O–H groups in total. The Morgan fingerprint density at radius 3 is 2.70 bits per heavy atom. The van der Waals surface area contributed by atoms with Crippen molar-refractivity contribution in [3.63, 3.8) is 0 Å². The molecule has 0 bridgehead atoms. The number of aromatic nitrogens is 2. The minimum atomic E-state index is -0.659. The number of aryl methyl sites for hydroxylation is 1. The Morgan fingerprint density at radius 1 is 1.35 bits per heavy atom. The molecule has 2 heterocycles. The lowest BCUT2D eigenvalue weighted by Crippen LogP contribution is -2.42. The van der Waals surface area contributed by atoms with Crippen LogP contribution in [0.4, 0.5) is 4.39 Å². The number of carbonyl (C=O) groups is 1. The van der Waals surface area contributed by atoms with Gasteiger partial charge in [-0.15, -0.1) is 0 Å². The predicted octanol–water partition coefficient (Wildman–Crippen LogP) is 0.504. The van der Waals surface area contributed by atoms with Crippen LogP contribution in [0.15, 0.2) is 35.1 Å². The molecule has 1 aromatic heterocycles. The number of hydrogen-bond acceptors (Lipinski definition) is 4. The van der Waals surface area contributed by atoms with Crippen LogP contribution in [0.25, 0.3) is 0 Å². The van der Waals surface area contributed by atoms with E-state index in [4.69, 9.17) is 5.73 Å². The third-order valence-electron chi connectivity index (χ3n) is 4.09. The van der Waals surface area contributed by atoms with Gasteiger partial charge in [0, 0.05) is 32.6 Å². The summed E-state index contributed by atoms with van der Waals surface area (Å²) in [5.74, 6) is -0.870. The zero-order chi connectivity index (χ0) is 16.6.